The van der Waals surface area contributed by atoms with Crippen LogP contribution in [0.2, 0.25) is 0 Å². The van der Waals surface area contributed by atoms with Crippen LogP contribution in [0.25, 0.3) is 0 Å². The molecule has 0 amide bonds. The maximum absolute atomic E-state index is 10.1. The number of thioether (sulfide) groups is 1. The molecule has 0 radical (unpaired) electrons. The zero-order valence-electron chi connectivity index (χ0n) is 9.59. The van der Waals surface area contributed by atoms with E-state index >= 15 is 0 Å². The minimum Gasteiger partial charge on any atom is -0.389 e. The van der Waals surface area contributed by atoms with Crippen LogP contribution in [0.4, 0.5) is 0 Å². The van der Waals surface area contributed by atoms with Gasteiger partial charge in [0.1, 0.15) is 0 Å². The molecule has 1 aliphatic rings. The van der Waals surface area contributed by atoms with E-state index in [1.54, 1.807) is 0 Å². The highest BCUT2D eigenvalue weighted by molar-refractivity contribution is 7.99. The molecule has 0 aromatic carbocycles. The predicted molar refractivity (Wildman–Crippen MR) is 64.8 cm³/mol. The maximum atomic E-state index is 10.1. The van der Waals surface area contributed by atoms with Gasteiger partial charge in [0.15, 0.2) is 0 Å². The Kier molecular flexibility index (Phi) is 5.32. The zero-order chi connectivity index (χ0) is 10.4. The van der Waals surface area contributed by atoms with Crippen LogP contribution < -0.4 is 0 Å². The normalized spacial score (nSPS) is 19.1. The van der Waals surface area contributed by atoms with Gasteiger partial charge in [0.05, 0.1) is 5.60 Å². The van der Waals surface area contributed by atoms with Gasteiger partial charge in [-0.3, -0.25) is 0 Å². The number of hydrogen-bond donors (Lipinski definition) is 1. The van der Waals surface area contributed by atoms with Gasteiger partial charge in [0, 0.05) is 5.75 Å². The summed E-state index contributed by atoms with van der Waals surface area (Å²) in [4.78, 5) is 0. The van der Waals surface area contributed by atoms with E-state index in [-0.39, 0.29) is 0 Å². The number of aliphatic hydroxyl groups is 1. The Bertz CT molecular complexity index is 148. The Labute approximate surface area is 92.7 Å². The van der Waals surface area contributed by atoms with Gasteiger partial charge < -0.3 is 5.11 Å². The van der Waals surface area contributed by atoms with E-state index < -0.39 is 5.60 Å². The largest absolute Gasteiger partial charge is 0.389 e. The van der Waals surface area contributed by atoms with Crippen molar-refractivity contribution in [3.63, 3.8) is 0 Å². The van der Waals surface area contributed by atoms with Crippen LogP contribution in [0.15, 0.2) is 0 Å². The molecule has 84 valence electrons. The first-order valence-electron chi connectivity index (χ1n) is 6.00. The van der Waals surface area contributed by atoms with E-state index in [2.05, 4.69) is 13.8 Å². The molecule has 1 nitrogen and oxygen atoms in total. The Hall–Kier alpha value is 0.310. The third-order valence-corrected chi connectivity index (χ3v) is 4.96. The molecule has 1 rings (SSSR count). The Balaban J connectivity index is 2.12. The van der Waals surface area contributed by atoms with Gasteiger partial charge in [-0.15, -0.1) is 0 Å². The molecular formula is C12H24OS. The van der Waals surface area contributed by atoms with Crippen LogP contribution in [-0.2, 0) is 0 Å². The van der Waals surface area contributed by atoms with Crippen LogP contribution >= 0.6 is 11.8 Å². The average molecular weight is 216 g/mol. The first-order valence-corrected chi connectivity index (χ1v) is 7.16. The van der Waals surface area contributed by atoms with Crippen LogP contribution in [0.5, 0.6) is 0 Å². The molecule has 0 atom stereocenters. The van der Waals surface area contributed by atoms with Crippen molar-refractivity contribution in [1.29, 1.82) is 0 Å². The number of hydrogen-bond acceptors (Lipinski definition) is 2. The van der Waals surface area contributed by atoms with Gasteiger partial charge in [0.2, 0.25) is 0 Å². The maximum Gasteiger partial charge on any atom is 0.0732 e. The summed E-state index contributed by atoms with van der Waals surface area (Å²) in [5, 5.41) is 10.1. The summed E-state index contributed by atoms with van der Waals surface area (Å²) in [5.74, 6) is 3.14. The first kappa shape index (κ1) is 12.4. The van der Waals surface area contributed by atoms with Gasteiger partial charge in [-0.05, 0) is 37.4 Å². The van der Waals surface area contributed by atoms with E-state index in [0.29, 0.717) is 0 Å². The minimum atomic E-state index is -0.400. The van der Waals surface area contributed by atoms with Gasteiger partial charge in [-0.1, -0.05) is 26.7 Å². The highest BCUT2D eigenvalue weighted by Crippen LogP contribution is 2.30. The molecule has 2 heteroatoms. The molecule has 1 aliphatic carbocycles. The second-order valence-corrected chi connectivity index (χ2v) is 5.63. The van der Waals surface area contributed by atoms with Gasteiger partial charge in [0.25, 0.3) is 0 Å². The molecule has 0 aromatic rings. The summed E-state index contributed by atoms with van der Waals surface area (Å²) in [7, 11) is 0. The topological polar surface area (TPSA) is 20.2 Å². The lowest BCUT2D eigenvalue weighted by atomic mass is 10.0. The second-order valence-electron chi connectivity index (χ2n) is 4.60. The average Bonchev–Trinajstić information content (AvgIpc) is 2.70. The van der Waals surface area contributed by atoms with E-state index in [9.17, 15) is 5.11 Å². The Morgan fingerprint density at radius 2 is 1.79 bits per heavy atom. The molecule has 0 bridgehead atoms. The molecule has 0 spiro atoms. The Morgan fingerprint density at radius 3 is 2.29 bits per heavy atom. The van der Waals surface area contributed by atoms with Crippen molar-refractivity contribution in [2.75, 3.05) is 11.5 Å². The van der Waals surface area contributed by atoms with E-state index in [1.165, 1.54) is 31.4 Å². The summed E-state index contributed by atoms with van der Waals surface area (Å²) in [6, 6.07) is 0. The fraction of sp³-hybridized carbons (Fsp3) is 1.00. The fourth-order valence-corrected chi connectivity index (χ4v) is 3.62. The summed E-state index contributed by atoms with van der Waals surface area (Å²) < 4.78 is 0. The van der Waals surface area contributed by atoms with Crippen LogP contribution in [0.3, 0.4) is 0 Å². The molecular weight excluding hydrogens is 192 g/mol. The molecule has 0 aromatic heterocycles. The van der Waals surface area contributed by atoms with Crippen molar-refractivity contribution in [3.8, 4) is 0 Å². The van der Waals surface area contributed by atoms with Crippen molar-refractivity contribution in [2.45, 2.75) is 58.0 Å². The van der Waals surface area contributed by atoms with Gasteiger partial charge in [-0.25, -0.2) is 0 Å². The minimum absolute atomic E-state index is 0.400. The molecule has 1 fully saturated rings. The van der Waals surface area contributed by atoms with E-state index in [0.717, 1.165) is 24.5 Å². The lowest BCUT2D eigenvalue weighted by molar-refractivity contribution is 0.0571. The zero-order valence-corrected chi connectivity index (χ0v) is 10.4. The molecule has 1 saturated carbocycles. The molecule has 0 aliphatic heterocycles. The van der Waals surface area contributed by atoms with Crippen LogP contribution in [0, 0.1) is 5.92 Å². The van der Waals surface area contributed by atoms with Gasteiger partial charge in [-0.2, -0.15) is 11.8 Å². The third kappa shape index (κ3) is 3.82. The highest BCUT2D eigenvalue weighted by Gasteiger charge is 2.23. The summed E-state index contributed by atoms with van der Waals surface area (Å²) in [6.07, 6.45) is 7.48. The highest BCUT2D eigenvalue weighted by atomic mass is 32.2. The predicted octanol–water partition coefficient (Wildman–Crippen LogP) is 3.46. The molecule has 0 saturated heterocycles. The molecule has 14 heavy (non-hydrogen) atoms. The van der Waals surface area contributed by atoms with E-state index in [4.69, 9.17) is 0 Å². The third-order valence-electron chi connectivity index (χ3n) is 3.52. The number of rotatable bonds is 6. The van der Waals surface area contributed by atoms with Gasteiger partial charge >= 0.3 is 0 Å². The quantitative estimate of drug-likeness (QED) is 0.734. The summed E-state index contributed by atoms with van der Waals surface area (Å²) in [6.45, 7) is 4.17. The van der Waals surface area contributed by atoms with Crippen molar-refractivity contribution in [2.24, 2.45) is 5.92 Å². The van der Waals surface area contributed by atoms with Crippen molar-refractivity contribution in [1.82, 2.24) is 0 Å². The van der Waals surface area contributed by atoms with Crippen LogP contribution in [0.1, 0.15) is 52.4 Å². The summed E-state index contributed by atoms with van der Waals surface area (Å²) in [5.41, 5.74) is -0.400. The van der Waals surface area contributed by atoms with Crippen molar-refractivity contribution in [3.05, 3.63) is 0 Å². The van der Waals surface area contributed by atoms with Crippen molar-refractivity contribution >= 4 is 11.8 Å². The smallest absolute Gasteiger partial charge is 0.0732 e. The van der Waals surface area contributed by atoms with Crippen LogP contribution in [-0.4, -0.2) is 22.2 Å². The Morgan fingerprint density at radius 1 is 1.21 bits per heavy atom. The van der Waals surface area contributed by atoms with E-state index in [1.807, 2.05) is 11.8 Å². The lowest BCUT2D eigenvalue weighted by Crippen LogP contribution is -2.30. The fourth-order valence-electron chi connectivity index (χ4n) is 2.05. The standard InChI is InChI=1S/C12H24OS/c1-3-12(13,4-2)10-14-9-11-7-5-6-8-11/h11,13H,3-10H2,1-2H3. The summed E-state index contributed by atoms with van der Waals surface area (Å²) >= 11 is 1.96. The van der Waals surface area contributed by atoms with Crippen molar-refractivity contribution < 1.29 is 5.11 Å². The molecule has 1 N–H and O–H groups in total. The molecule has 0 heterocycles. The SMILES string of the molecule is CCC(O)(CC)CSCC1CCCC1. The second kappa shape index (κ2) is 6.02. The monoisotopic (exact) mass is 216 g/mol. The first-order chi connectivity index (χ1) is 6.70. The molecule has 0 unspecified atom stereocenters. The lowest BCUT2D eigenvalue weighted by Gasteiger charge is -2.25.